The number of hydrogen-bond donors (Lipinski definition) is 1. The molecule has 1 fully saturated rings. The maximum absolute atomic E-state index is 13.8. The van der Waals surface area contributed by atoms with Crippen molar-refractivity contribution >= 4 is 11.9 Å². The first-order chi connectivity index (χ1) is 9.45. The maximum Gasteiger partial charge on any atom is 0.331 e. The van der Waals surface area contributed by atoms with E-state index in [1.807, 2.05) is 0 Å². The summed E-state index contributed by atoms with van der Waals surface area (Å²) in [6.45, 7) is 3.69. The number of carboxylic acids is 1. The van der Waals surface area contributed by atoms with Crippen LogP contribution in [0.25, 0.3) is 0 Å². The predicted molar refractivity (Wildman–Crippen MR) is 66.8 cm³/mol. The second kappa shape index (κ2) is 5.40. The third-order valence-electron chi connectivity index (χ3n) is 3.34. The Bertz CT molecular complexity index is 574. The lowest BCUT2D eigenvalue weighted by atomic mass is 10.0. The lowest BCUT2D eigenvalue weighted by Gasteiger charge is -2.25. The summed E-state index contributed by atoms with van der Waals surface area (Å²) in [7, 11) is 0. The molecule has 0 aliphatic carbocycles. The zero-order valence-corrected chi connectivity index (χ0v) is 10.6. The Kier molecular flexibility index (Phi) is 3.83. The standard InChI is InChI=1S/C14H13F2NO3/c1-2-8-6-11(18)17(7-8)13(14(19)20)9-4-3-5-10(15)12(9)16/h2-5,8,13H,1,6-7H2,(H,19,20). The number of carboxylic acid groups (broad SMARTS) is 1. The Labute approximate surface area is 114 Å². The number of carbonyl (C=O) groups excluding carboxylic acids is 1. The molecule has 20 heavy (non-hydrogen) atoms. The van der Waals surface area contributed by atoms with Crippen LogP contribution in [0.2, 0.25) is 0 Å². The van der Waals surface area contributed by atoms with Crippen molar-refractivity contribution in [1.29, 1.82) is 0 Å². The van der Waals surface area contributed by atoms with E-state index in [1.165, 1.54) is 12.1 Å². The van der Waals surface area contributed by atoms with Gasteiger partial charge < -0.3 is 10.0 Å². The SMILES string of the molecule is C=CC1CC(=O)N(C(C(=O)O)c2cccc(F)c2F)C1. The van der Waals surface area contributed by atoms with Crippen LogP contribution < -0.4 is 0 Å². The molecular weight excluding hydrogens is 268 g/mol. The van der Waals surface area contributed by atoms with Gasteiger partial charge in [0.25, 0.3) is 0 Å². The van der Waals surface area contributed by atoms with E-state index < -0.39 is 29.6 Å². The minimum Gasteiger partial charge on any atom is -0.479 e. The van der Waals surface area contributed by atoms with Crippen molar-refractivity contribution in [2.45, 2.75) is 12.5 Å². The third-order valence-corrected chi connectivity index (χ3v) is 3.34. The van der Waals surface area contributed by atoms with Crippen LogP contribution in [0.5, 0.6) is 0 Å². The van der Waals surface area contributed by atoms with Gasteiger partial charge in [0, 0.05) is 24.4 Å². The van der Waals surface area contributed by atoms with Gasteiger partial charge in [-0.25, -0.2) is 13.6 Å². The Morgan fingerprint density at radius 3 is 2.75 bits per heavy atom. The van der Waals surface area contributed by atoms with Crippen molar-refractivity contribution in [3.8, 4) is 0 Å². The van der Waals surface area contributed by atoms with Crippen LogP contribution in [-0.2, 0) is 9.59 Å². The second-order valence-corrected chi connectivity index (χ2v) is 4.63. The van der Waals surface area contributed by atoms with Gasteiger partial charge in [0.2, 0.25) is 5.91 Å². The fourth-order valence-electron chi connectivity index (χ4n) is 2.33. The lowest BCUT2D eigenvalue weighted by Crippen LogP contribution is -2.36. The van der Waals surface area contributed by atoms with Crippen molar-refractivity contribution < 1.29 is 23.5 Å². The minimum atomic E-state index is -1.52. The predicted octanol–water partition coefficient (Wildman–Crippen LogP) is 2.12. The molecule has 1 aliphatic heterocycles. The van der Waals surface area contributed by atoms with Crippen LogP contribution in [0.4, 0.5) is 8.78 Å². The number of nitrogens with zero attached hydrogens (tertiary/aromatic N) is 1. The number of halogens is 2. The van der Waals surface area contributed by atoms with Crippen molar-refractivity contribution in [2.75, 3.05) is 6.54 Å². The molecule has 0 radical (unpaired) electrons. The highest BCUT2D eigenvalue weighted by Gasteiger charge is 2.39. The molecule has 1 saturated heterocycles. The highest BCUT2D eigenvalue weighted by molar-refractivity contribution is 5.86. The average molecular weight is 281 g/mol. The summed E-state index contributed by atoms with van der Waals surface area (Å²) in [5, 5.41) is 9.27. The zero-order chi connectivity index (χ0) is 14.9. The van der Waals surface area contributed by atoms with Crippen LogP contribution in [0.3, 0.4) is 0 Å². The van der Waals surface area contributed by atoms with Crippen molar-refractivity contribution in [2.24, 2.45) is 5.92 Å². The van der Waals surface area contributed by atoms with E-state index in [4.69, 9.17) is 0 Å². The first kappa shape index (κ1) is 14.2. The van der Waals surface area contributed by atoms with Crippen molar-refractivity contribution in [3.63, 3.8) is 0 Å². The Morgan fingerprint density at radius 2 is 2.20 bits per heavy atom. The van der Waals surface area contributed by atoms with Crippen molar-refractivity contribution in [3.05, 3.63) is 48.1 Å². The molecule has 2 unspecified atom stereocenters. The summed E-state index contributed by atoms with van der Waals surface area (Å²) in [5.74, 6) is -4.37. The molecule has 0 aromatic heterocycles. The van der Waals surface area contributed by atoms with E-state index >= 15 is 0 Å². The number of rotatable bonds is 4. The van der Waals surface area contributed by atoms with Gasteiger partial charge in [-0.2, -0.15) is 0 Å². The number of benzene rings is 1. The minimum absolute atomic E-state index is 0.129. The van der Waals surface area contributed by atoms with Gasteiger partial charge in [0.15, 0.2) is 17.7 Å². The average Bonchev–Trinajstić information content (AvgIpc) is 2.76. The van der Waals surface area contributed by atoms with Crippen LogP contribution >= 0.6 is 0 Å². The number of hydrogen-bond acceptors (Lipinski definition) is 2. The molecule has 1 heterocycles. The molecule has 1 aromatic rings. The van der Waals surface area contributed by atoms with Gasteiger partial charge in [-0.1, -0.05) is 18.2 Å². The summed E-state index contributed by atoms with van der Waals surface area (Å²) in [5.41, 5.74) is -0.351. The summed E-state index contributed by atoms with van der Waals surface area (Å²) in [6.07, 6.45) is 1.68. The smallest absolute Gasteiger partial charge is 0.331 e. The molecule has 1 aromatic carbocycles. The van der Waals surface area contributed by atoms with E-state index in [9.17, 15) is 23.5 Å². The molecular formula is C14H13F2NO3. The zero-order valence-electron chi connectivity index (χ0n) is 10.6. The highest BCUT2D eigenvalue weighted by Crippen LogP contribution is 2.31. The van der Waals surface area contributed by atoms with E-state index in [1.54, 1.807) is 6.08 Å². The van der Waals surface area contributed by atoms with Gasteiger partial charge in [0.1, 0.15) is 0 Å². The van der Waals surface area contributed by atoms with Crippen LogP contribution in [0.1, 0.15) is 18.0 Å². The third kappa shape index (κ3) is 2.41. The Hall–Kier alpha value is -2.24. The number of carbonyl (C=O) groups is 2. The summed E-state index contributed by atoms with van der Waals surface area (Å²) in [6, 6.07) is 1.76. The van der Waals surface area contributed by atoms with E-state index in [-0.39, 0.29) is 24.4 Å². The van der Waals surface area contributed by atoms with Crippen LogP contribution in [0.15, 0.2) is 30.9 Å². The van der Waals surface area contributed by atoms with Gasteiger partial charge in [-0.3, -0.25) is 4.79 Å². The molecule has 4 nitrogen and oxygen atoms in total. The quantitative estimate of drug-likeness (QED) is 0.860. The summed E-state index contributed by atoms with van der Waals surface area (Å²) in [4.78, 5) is 24.3. The normalized spacial score (nSPS) is 20.0. The lowest BCUT2D eigenvalue weighted by molar-refractivity contribution is -0.148. The van der Waals surface area contributed by atoms with E-state index in [2.05, 4.69) is 6.58 Å². The fraction of sp³-hybridized carbons (Fsp3) is 0.286. The van der Waals surface area contributed by atoms with Crippen LogP contribution in [0, 0.1) is 17.6 Å². The molecule has 0 bridgehead atoms. The summed E-state index contributed by atoms with van der Waals surface area (Å²) >= 11 is 0. The maximum atomic E-state index is 13.8. The highest BCUT2D eigenvalue weighted by atomic mass is 19.2. The van der Waals surface area contributed by atoms with E-state index in [0.717, 1.165) is 11.0 Å². The monoisotopic (exact) mass is 281 g/mol. The fourth-order valence-corrected chi connectivity index (χ4v) is 2.33. The molecule has 0 spiro atoms. The molecule has 2 rings (SSSR count). The summed E-state index contributed by atoms with van der Waals surface area (Å²) < 4.78 is 27.0. The molecule has 0 saturated carbocycles. The number of amides is 1. The molecule has 1 N–H and O–H groups in total. The van der Waals surface area contributed by atoms with E-state index in [0.29, 0.717) is 0 Å². The molecule has 106 valence electrons. The largest absolute Gasteiger partial charge is 0.479 e. The van der Waals surface area contributed by atoms with Crippen molar-refractivity contribution in [1.82, 2.24) is 4.90 Å². The molecule has 1 amide bonds. The van der Waals surface area contributed by atoms with Crippen LogP contribution in [-0.4, -0.2) is 28.4 Å². The van der Waals surface area contributed by atoms with Gasteiger partial charge in [0.05, 0.1) is 0 Å². The first-order valence-electron chi connectivity index (χ1n) is 6.04. The van der Waals surface area contributed by atoms with Gasteiger partial charge in [-0.15, -0.1) is 6.58 Å². The Balaban J connectivity index is 2.42. The molecule has 6 heteroatoms. The molecule has 2 atom stereocenters. The Morgan fingerprint density at radius 1 is 1.50 bits per heavy atom. The number of likely N-dealkylation sites (tertiary alicyclic amines) is 1. The second-order valence-electron chi connectivity index (χ2n) is 4.63. The molecule has 1 aliphatic rings. The first-order valence-corrected chi connectivity index (χ1v) is 6.04. The topological polar surface area (TPSA) is 57.6 Å². The van der Waals surface area contributed by atoms with Gasteiger partial charge >= 0.3 is 5.97 Å². The number of aliphatic carboxylic acids is 1. The van der Waals surface area contributed by atoms with Gasteiger partial charge in [-0.05, 0) is 6.07 Å².